The molecule has 274 valence electrons. The molecule has 4 aromatic rings. The number of carboxylic acids is 2. The lowest BCUT2D eigenvalue weighted by Crippen LogP contribution is -2.50. The zero-order valence-corrected chi connectivity index (χ0v) is 30.3. The Morgan fingerprint density at radius 1 is 0.830 bits per heavy atom. The van der Waals surface area contributed by atoms with E-state index in [1.807, 2.05) is 12.1 Å². The van der Waals surface area contributed by atoms with Gasteiger partial charge in [0.25, 0.3) is 0 Å². The Bertz CT molecular complexity index is 2140. The van der Waals surface area contributed by atoms with Crippen LogP contribution in [0.15, 0.2) is 48.5 Å². The molecule has 0 radical (unpaired) electrons. The number of thiazole rings is 2. The van der Waals surface area contributed by atoms with Gasteiger partial charge in [-0.05, 0) is 69.2 Å². The van der Waals surface area contributed by atoms with Crippen LogP contribution in [0.4, 0.5) is 19.0 Å². The molecule has 0 spiro atoms. The highest BCUT2D eigenvalue weighted by Crippen LogP contribution is 2.57. The summed E-state index contributed by atoms with van der Waals surface area (Å²) in [4.78, 5) is 56.6. The highest BCUT2D eigenvalue weighted by Gasteiger charge is 2.55. The van der Waals surface area contributed by atoms with Gasteiger partial charge in [-0.1, -0.05) is 60.8 Å². The van der Waals surface area contributed by atoms with Gasteiger partial charge in [-0.25, -0.2) is 18.7 Å². The average Bonchev–Trinajstić information content (AvgIpc) is 3.75. The minimum atomic E-state index is -0.977. The number of nitriles is 2. The van der Waals surface area contributed by atoms with Gasteiger partial charge in [0, 0.05) is 28.4 Å². The average molecular weight is 761 g/mol. The molecule has 3 aliphatic carbocycles. The number of nitrogens with one attached hydrogen (secondary N) is 2. The molecule has 3 aliphatic rings. The zero-order valence-electron chi connectivity index (χ0n) is 28.7. The number of anilines is 2. The highest BCUT2D eigenvalue weighted by molar-refractivity contribution is 7.17. The summed E-state index contributed by atoms with van der Waals surface area (Å²) in [7, 11) is 0. The minimum absolute atomic E-state index is 0.129. The molecule has 7 rings (SSSR count). The number of halogens is 2. The molecule has 3 saturated carbocycles. The standard InChI is InChI=1S/C20H18FN3O3S.C17H16FN3O3S/c21-13-4-2-1-3-12(13)15-14(11-22)28-18(23-15)24-16(25)19-5-8-20(9-6-19,10-7-19)17(26)27;1-17(2,7-6-13(22)23)15(24)21-16-20-14(12(9-19)25-16)10-4-3-5-11(18)8-10/h1-4H,5-10H2,(H,26,27)(H,23,24,25);3-5,8H,6-7H2,1-2H3,(H,22,23)(H,20,21,24). The van der Waals surface area contributed by atoms with Crippen molar-refractivity contribution in [3.05, 3.63) is 69.9 Å². The lowest BCUT2D eigenvalue weighted by atomic mass is 9.53. The molecule has 3 fully saturated rings. The van der Waals surface area contributed by atoms with Crippen molar-refractivity contribution in [2.75, 3.05) is 10.6 Å². The molecule has 53 heavy (non-hydrogen) atoms. The van der Waals surface area contributed by atoms with Gasteiger partial charge in [0.15, 0.2) is 10.3 Å². The summed E-state index contributed by atoms with van der Waals surface area (Å²) in [6.45, 7) is 3.27. The zero-order chi connectivity index (χ0) is 38.6. The topological polar surface area (TPSA) is 206 Å². The predicted octanol–water partition coefficient (Wildman–Crippen LogP) is 7.83. The number of carboxylic acid groups (broad SMARTS) is 2. The summed E-state index contributed by atoms with van der Waals surface area (Å²) < 4.78 is 27.5. The third kappa shape index (κ3) is 8.40. The summed E-state index contributed by atoms with van der Waals surface area (Å²) in [6, 6.07) is 15.8. The Labute approximate surface area is 311 Å². The lowest BCUT2D eigenvalue weighted by molar-refractivity contribution is -0.162. The molecule has 12 nitrogen and oxygen atoms in total. The Morgan fingerprint density at radius 3 is 1.96 bits per heavy atom. The van der Waals surface area contributed by atoms with Gasteiger partial charge in [0.2, 0.25) is 11.8 Å². The molecule has 16 heteroatoms. The molecule has 0 atom stereocenters. The smallest absolute Gasteiger partial charge is 0.309 e. The Hall–Kier alpha value is -5.58. The molecule has 2 aromatic heterocycles. The number of nitrogens with zero attached hydrogens (tertiary/aromatic N) is 4. The van der Waals surface area contributed by atoms with Gasteiger partial charge in [0.1, 0.15) is 44.9 Å². The second-order valence-corrected chi connectivity index (χ2v) is 15.7. The molecular weight excluding hydrogens is 727 g/mol. The van der Waals surface area contributed by atoms with Gasteiger partial charge >= 0.3 is 11.9 Å². The van der Waals surface area contributed by atoms with E-state index in [1.165, 1.54) is 24.3 Å². The number of fused-ring (bicyclic) bond motifs is 3. The number of benzene rings is 2. The number of aliphatic carboxylic acids is 2. The summed E-state index contributed by atoms with van der Waals surface area (Å²) in [5, 5.41) is 42.8. The van der Waals surface area contributed by atoms with Crippen molar-refractivity contribution in [2.45, 2.75) is 65.2 Å². The normalized spacial score (nSPS) is 18.8. The number of rotatable bonds is 10. The van der Waals surface area contributed by atoms with Gasteiger partial charge in [-0.2, -0.15) is 10.5 Å². The number of hydrogen-bond donors (Lipinski definition) is 4. The maximum atomic E-state index is 14.1. The number of aromatic nitrogens is 2. The van der Waals surface area contributed by atoms with Crippen LogP contribution in [0.1, 0.15) is 75.0 Å². The van der Waals surface area contributed by atoms with Crippen molar-refractivity contribution in [1.82, 2.24) is 9.97 Å². The summed E-state index contributed by atoms with van der Waals surface area (Å²) in [5.41, 5.74) is -1.01. The van der Waals surface area contributed by atoms with Crippen LogP contribution < -0.4 is 10.6 Å². The fourth-order valence-corrected chi connectivity index (χ4v) is 7.99. The van der Waals surface area contributed by atoms with Crippen molar-refractivity contribution >= 4 is 56.7 Å². The number of carbonyl (C=O) groups excluding carboxylic acids is 2. The van der Waals surface area contributed by atoms with Crippen LogP contribution in [-0.2, 0) is 19.2 Å². The third-order valence-electron chi connectivity index (χ3n) is 9.89. The fourth-order valence-electron chi connectivity index (χ4n) is 6.44. The first kappa shape index (κ1) is 38.6. The Morgan fingerprint density at radius 2 is 1.40 bits per heavy atom. The number of hydrogen-bond acceptors (Lipinski definition) is 10. The van der Waals surface area contributed by atoms with E-state index >= 15 is 0 Å². The van der Waals surface area contributed by atoms with Gasteiger partial charge in [-0.3, -0.25) is 19.2 Å². The number of amides is 2. The summed E-state index contributed by atoms with van der Waals surface area (Å²) in [6.07, 6.45) is 3.12. The first-order valence-electron chi connectivity index (χ1n) is 16.5. The molecule has 0 aliphatic heterocycles. The second kappa shape index (κ2) is 15.6. The molecule has 2 aromatic carbocycles. The molecule has 2 heterocycles. The molecule has 2 bridgehead atoms. The van der Waals surface area contributed by atoms with Crippen LogP contribution in [0.3, 0.4) is 0 Å². The van der Waals surface area contributed by atoms with Crippen LogP contribution in [0.25, 0.3) is 22.5 Å². The molecule has 2 amide bonds. The fraction of sp³-hybridized carbons (Fsp3) is 0.351. The van der Waals surface area contributed by atoms with Crippen LogP contribution >= 0.6 is 22.7 Å². The van der Waals surface area contributed by atoms with Crippen LogP contribution in [0.5, 0.6) is 0 Å². The van der Waals surface area contributed by atoms with Crippen molar-refractivity contribution < 1.29 is 38.2 Å². The third-order valence-corrected chi connectivity index (χ3v) is 11.6. The minimum Gasteiger partial charge on any atom is -0.481 e. The molecule has 4 N–H and O–H groups in total. The Kier molecular flexibility index (Phi) is 11.4. The van der Waals surface area contributed by atoms with Gasteiger partial charge in [-0.15, -0.1) is 0 Å². The SMILES string of the molecule is CC(C)(CCC(=O)O)C(=O)Nc1nc(-c2cccc(F)c2)c(C#N)s1.N#Cc1sc(NC(=O)C23CCC(C(=O)O)(CC2)CC3)nc1-c1ccccc1F. The van der Waals surface area contributed by atoms with Crippen molar-refractivity contribution in [2.24, 2.45) is 16.2 Å². The van der Waals surface area contributed by atoms with E-state index in [9.17, 15) is 43.6 Å². The van der Waals surface area contributed by atoms with Crippen molar-refractivity contribution in [3.63, 3.8) is 0 Å². The molecular formula is C37H34F2N6O6S2. The summed E-state index contributed by atoms with van der Waals surface area (Å²) in [5.74, 6) is -3.26. The van der Waals surface area contributed by atoms with Gasteiger partial charge in [0.05, 0.1) is 5.41 Å². The maximum absolute atomic E-state index is 14.1. The Balaban J connectivity index is 0.000000206. The first-order chi connectivity index (χ1) is 25.1. The van der Waals surface area contributed by atoms with E-state index in [-0.39, 0.29) is 50.0 Å². The van der Waals surface area contributed by atoms with Crippen LogP contribution in [0, 0.1) is 50.5 Å². The lowest BCUT2D eigenvalue weighted by Gasteiger charge is -2.50. The number of carbonyl (C=O) groups is 4. The van der Waals surface area contributed by atoms with E-state index < -0.39 is 45.7 Å². The predicted molar refractivity (Wildman–Crippen MR) is 193 cm³/mol. The largest absolute Gasteiger partial charge is 0.481 e. The quantitative estimate of drug-likeness (QED) is 0.123. The van der Waals surface area contributed by atoms with Crippen molar-refractivity contribution in [1.29, 1.82) is 10.5 Å². The second-order valence-electron chi connectivity index (χ2n) is 13.7. The molecule has 0 saturated heterocycles. The van der Waals surface area contributed by atoms with E-state index in [4.69, 9.17) is 5.11 Å². The van der Waals surface area contributed by atoms with E-state index in [0.29, 0.717) is 49.8 Å². The maximum Gasteiger partial charge on any atom is 0.309 e. The van der Waals surface area contributed by atoms with Crippen molar-refractivity contribution in [3.8, 4) is 34.7 Å². The van der Waals surface area contributed by atoms with Gasteiger partial charge < -0.3 is 20.8 Å². The summed E-state index contributed by atoms with van der Waals surface area (Å²) >= 11 is 2.00. The van der Waals surface area contributed by atoms with Crippen LogP contribution in [-0.4, -0.2) is 43.9 Å². The van der Waals surface area contributed by atoms with Crippen LogP contribution in [0.2, 0.25) is 0 Å². The van der Waals surface area contributed by atoms with E-state index in [0.717, 1.165) is 22.7 Å². The molecule has 0 unspecified atom stereocenters. The monoisotopic (exact) mass is 760 g/mol. The van der Waals surface area contributed by atoms with E-state index in [1.54, 1.807) is 38.1 Å². The highest BCUT2D eigenvalue weighted by atomic mass is 32.1. The first-order valence-corrected chi connectivity index (χ1v) is 18.2. The van der Waals surface area contributed by atoms with E-state index in [2.05, 4.69) is 20.6 Å².